The summed E-state index contributed by atoms with van der Waals surface area (Å²) < 4.78 is 1.06. The van der Waals surface area contributed by atoms with Crippen LogP contribution in [0.3, 0.4) is 0 Å². The van der Waals surface area contributed by atoms with Crippen molar-refractivity contribution in [1.29, 1.82) is 0 Å². The maximum absolute atomic E-state index is 4.16. The monoisotopic (exact) mass is 277 g/mol. The molecule has 4 heteroatoms. The van der Waals surface area contributed by atoms with E-state index in [9.17, 15) is 0 Å². The number of benzene rings is 1. The fourth-order valence-electron chi connectivity index (χ4n) is 1.38. The second-order valence-corrected chi connectivity index (χ2v) is 4.23. The molecule has 0 aliphatic heterocycles. The normalized spacial score (nSPS) is 9.88. The minimum atomic E-state index is 0.847. The van der Waals surface area contributed by atoms with Crippen LogP contribution in [0, 0.1) is 0 Å². The third-order valence-electron chi connectivity index (χ3n) is 2.13. The van der Waals surface area contributed by atoms with Crippen molar-refractivity contribution in [1.82, 2.24) is 4.98 Å². The molecule has 0 unspecified atom stereocenters. The van der Waals surface area contributed by atoms with E-state index in [4.69, 9.17) is 0 Å². The summed E-state index contributed by atoms with van der Waals surface area (Å²) in [5, 5.41) is 6.31. The van der Waals surface area contributed by atoms with E-state index >= 15 is 0 Å². The molecule has 0 spiro atoms. The van der Waals surface area contributed by atoms with Crippen molar-refractivity contribution in [3.05, 3.63) is 47.1 Å². The van der Waals surface area contributed by atoms with Gasteiger partial charge in [-0.05, 0) is 24.3 Å². The quantitative estimate of drug-likeness (QED) is 0.900. The van der Waals surface area contributed by atoms with Crippen LogP contribution in [-0.4, -0.2) is 12.0 Å². The third-order valence-corrected chi connectivity index (χ3v) is 2.62. The van der Waals surface area contributed by atoms with Gasteiger partial charge in [0.15, 0.2) is 0 Å². The summed E-state index contributed by atoms with van der Waals surface area (Å²) >= 11 is 3.44. The molecular formula is C12H12BrN3. The number of rotatable bonds is 3. The maximum Gasteiger partial charge on any atom is 0.127 e. The number of aromatic nitrogens is 1. The highest BCUT2D eigenvalue weighted by atomic mass is 79.9. The smallest absolute Gasteiger partial charge is 0.127 e. The second kappa shape index (κ2) is 4.99. The molecule has 0 bridgehead atoms. The van der Waals surface area contributed by atoms with Crippen LogP contribution in [0.25, 0.3) is 0 Å². The summed E-state index contributed by atoms with van der Waals surface area (Å²) in [6, 6.07) is 11.9. The van der Waals surface area contributed by atoms with Crippen LogP contribution < -0.4 is 10.6 Å². The third kappa shape index (κ3) is 2.73. The maximum atomic E-state index is 4.16. The van der Waals surface area contributed by atoms with Crippen LogP contribution in [0.5, 0.6) is 0 Å². The van der Waals surface area contributed by atoms with Crippen LogP contribution in [0.4, 0.5) is 17.2 Å². The molecule has 3 nitrogen and oxygen atoms in total. The van der Waals surface area contributed by atoms with Gasteiger partial charge in [0.25, 0.3) is 0 Å². The Morgan fingerprint density at radius 2 is 1.94 bits per heavy atom. The van der Waals surface area contributed by atoms with Crippen LogP contribution in [0.1, 0.15) is 0 Å². The Balaban J connectivity index is 2.20. The van der Waals surface area contributed by atoms with E-state index in [1.54, 1.807) is 6.20 Å². The first-order chi connectivity index (χ1) is 7.78. The second-order valence-electron chi connectivity index (χ2n) is 3.32. The Labute approximate surface area is 103 Å². The lowest BCUT2D eigenvalue weighted by atomic mass is 10.3. The Bertz CT molecular complexity index is 485. The lowest BCUT2D eigenvalue weighted by molar-refractivity contribution is 1.28. The summed E-state index contributed by atoms with van der Waals surface area (Å²) in [5.41, 5.74) is 2.06. The number of anilines is 3. The van der Waals surface area contributed by atoms with Crippen molar-refractivity contribution < 1.29 is 0 Å². The fourth-order valence-corrected chi connectivity index (χ4v) is 1.78. The molecule has 2 aromatic rings. The van der Waals surface area contributed by atoms with Gasteiger partial charge in [0, 0.05) is 35.2 Å². The van der Waals surface area contributed by atoms with Crippen molar-refractivity contribution in [2.75, 3.05) is 17.7 Å². The number of halogens is 1. The first-order valence-electron chi connectivity index (χ1n) is 4.94. The van der Waals surface area contributed by atoms with Crippen molar-refractivity contribution in [3.8, 4) is 0 Å². The van der Waals surface area contributed by atoms with Crippen LogP contribution in [0.2, 0.25) is 0 Å². The fraction of sp³-hybridized carbons (Fsp3) is 0.0833. The first kappa shape index (κ1) is 11.0. The van der Waals surface area contributed by atoms with E-state index in [1.165, 1.54) is 0 Å². The minimum absolute atomic E-state index is 0.847. The molecule has 0 radical (unpaired) electrons. The highest BCUT2D eigenvalue weighted by Gasteiger charge is 1.97. The average Bonchev–Trinajstić information content (AvgIpc) is 2.29. The van der Waals surface area contributed by atoms with Gasteiger partial charge < -0.3 is 10.6 Å². The molecule has 0 aliphatic rings. The van der Waals surface area contributed by atoms with Gasteiger partial charge in [-0.1, -0.05) is 22.0 Å². The number of hydrogen-bond acceptors (Lipinski definition) is 3. The van der Waals surface area contributed by atoms with Crippen molar-refractivity contribution >= 4 is 33.1 Å². The Kier molecular flexibility index (Phi) is 3.41. The molecule has 0 saturated heterocycles. The lowest BCUT2D eigenvalue weighted by Gasteiger charge is -2.07. The standard InChI is InChI=1S/C12H12BrN3/c1-14-12-8-11(5-6-15-12)16-10-4-2-3-9(13)7-10/h2-8H,1H3,(H2,14,15,16). The van der Waals surface area contributed by atoms with Gasteiger partial charge in [-0.15, -0.1) is 0 Å². The molecule has 1 aromatic carbocycles. The predicted molar refractivity (Wildman–Crippen MR) is 71.2 cm³/mol. The van der Waals surface area contributed by atoms with E-state index in [-0.39, 0.29) is 0 Å². The number of hydrogen-bond donors (Lipinski definition) is 2. The van der Waals surface area contributed by atoms with Gasteiger partial charge >= 0.3 is 0 Å². The van der Waals surface area contributed by atoms with Crippen LogP contribution in [0.15, 0.2) is 47.1 Å². The summed E-state index contributed by atoms with van der Waals surface area (Å²) in [4.78, 5) is 4.16. The predicted octanol–water partition coefficient (Wildman–Crippen LogP) is 3.63. The molecule has 1 heterocycles. The van der Waals surface area contributed by atoms with E-state index in [1.807, 2.05) is 43.4 Å². The Morgan fingerprint density at radius 1 is 1.12 bits per heavy atom. The lowest BCUT2D eigenvalue weighted by Crippen LogP contribution is -1.95. The van der Waals surface area contributed by atoms with E-state index < -0.39 is 0 Å². The molecule has 1 aromatic heterocycles. The number of nitrogens with one attached hydrogen (secondary N) is 2. The number of pyridine rings is 1. The first-order valence-corrected chi connectivity index (χ1v) is 5.73. The highest BCUT2D eigenvalue weighted by Crippen LogP contribution is 2.21. The van der Waals surface area contributed by atoms with Crippen LogP contribution in [-0.2, 0) is 0 Å². The van der Waals surface area contributed by atoms with E-state index in [2.05, 4.69) is 31.5 Å². The van der Waals surface area contributed by atoms with Gasteiger partial charge in [-0.2, -0.15) is 0 Å². The molecule has 0 fully saturated rings. The Hall–Kier alpha value is -1.55. The zero-order chi connectivity index (χ0) is 11.4. The number of nitrogens with zero attached hydrogens (tertiary/aromatic N) is 1. The van der Waals surface area contributed by atoms with Crippen molar-refractivity contribution in [2.24, 2.45) is 0 Å². The van der Waals surface area contributed by atoms with Gasteiger partial charge in [-0.3, -0.25) is 0 Å². The van der Waals surface area contributed by atoms with E-state index in [0.29, 0.717) is 0 Å². The molecular weight excluding hydrogens is 266 g/mol. The zero-order valence-corrected chi connectivity index (χ0v) is 10.5. The summed E-state index contributed by atoms with van der Waals surface area (Å²) in [6.07, 6.45) is 1.77. The zero-order valence-electron chi connectivity index (χ0n) is 8.87. The molecule has 2 rings (SSSR count). The summed E-state index contributed by atoms with van der Waals surface area (Å²) in [7, 11) is 1.85. The molecule has 0 atom stereocenters. The van der Waals surface area contributed by atoms with Crippen LogP contribution >= 0.6 is 15.9 Å². The molecule has 16 heavy (non-hydrogen) atoms. The van der Waals surface area contributed by atoms with E-state index in [0.717, 1.165) is 21.7 Å². The summed E-state index contributed by atoms with van der Waals surface area (Å²) in [6.45, 7) is 0. The Morgan fingerprint density at radius 3 is 2.69 bits per heavy atom. The van der Waals surface area contributed by atoms with Crippen molar-refractivity contribution in [2.45, 2.75) is 0 Å². The molecule has 2 N–H and O–H groups in total. The highest BCUT2D eigenvalue weighted by molar-refractivity contribution is 9.10. The van der Waals surface area contributed by atoms with Crippen molar-refractivity contribution in [3.63, 3.8) is 0 Å². The van der Waals surface area contributed by atoms with Gasteiger partial charge in [0.1, 0.15) is 5.82 Å². The molecule has 0 amide bonds. The largest absolute Gasteiger partial charge is 0.373 e. The summed E-state index contributed by atoms with van der Waals surface area (Å²) in [5.74, 6) is 0.847. The molecule has 0 saturated carbocycles. The van der Waals surface area contributed by atoms with Gasteiger partial charge in [-0.25, -0.2) is 4.98 Å². The minimum Gasteiger partial charge on any atom is -0.373 e. The molecule has 82 valence electrons. The van der Waals surface area contributed by atoms with Gasteiger partial charge in [0.05, 0.1) is 0 Å². The molecule has 0 aliphatic carbocycles. The topological polar surface area (TPSA) is 37.0 Å². The average molecular weight is 278 g/mol. The SMILES string of the molecule is CNc1cc(Nc2cccc(Br)c2)ccn1. The van der Waals surface area contributed by atoms with Gasteiger partial charge in [0.2, 0.25) is 0 Å².